The van der Waals surface area contributed by atoms with E-state index in [4.69, 9.17) is 0 Å². The van der Waals surface area contributed by atoms with E-state index in [-0.39, 0.29) is 12.5 Å². The molecule has 0 unspecified atom stereocenters. The fourth-order valence-electron chi connectivity index (χ4n) is 2.01. The molecular weight excluding hydrogens is 310 g/mol. The average molecular weight is 333 g/mol. The second-order valence-electron chi connectivity index (χ2n) is 5.64. The molecule has 0 aliphatic heterocycles. The van der Waals surface area contributed by atoms with Crippen LogP contribution >= 0.6 is 0 Å². The lowest BCUT2D eigenvalue weighted by Gasteiger charge is -2.05. The molecule has 2 rings (SSSR count). The third-order valence-electron chi connectivity index (χ3n) is 3.40. The standard InChI is InChI=1S/C21H23N3O/c1-17-12-14-20(15-13-17)22-16-21(25)24-23-18(2)8-6-7-11-19-9-4-3-5-10-19/h3-15,22H,16H2,1-2H3,(H,24,25)/b8-6+,11-7+,23-18?. The first-order valence-corrected chi connectivity index (χ1v) is 8.17. The highest BCUT2D eigenvalue weighted by Gasteiger charge is 1.99. The number of carbonyl (C=O) groups is 1. The molecule has 2 aromatic carbocycles. The van der Waals surface area contributed by atoms with Crippen molar-refractivity contribution in [3.8, 4) is 0 Å². The van der Waals surface area contributed by atoms with Crippen molar-refractivity contribution in [3.63, 3.8) is 0 Å². The van der Waals surface area contributed by atoms with Crippen LogP contribution in [-0.2, 0) is 4.79 Å². The molecule has 0 bridgehead atoms. The fourth-order valence-corrected chi connectivity index (χ4v) is 2.01. The first kappa shape index (κ1) is 18.2. The van der Waals surface area contributed by atoms with Crippen molar-refractivity contribution in [2.24, 2.45) is 5.10 Å². The van der Waals surface area contributed by atoms with Gasteiger partial charge in [0.1, 0.15) is 0 Å². The monoisotopic (exact) mass is 333 g/mol. The average Bonchev–Trinajstić information content (AvgIpc) is 2.64. The lowest BCUT2D eigenvalue weighted by molar-refractivity contribution is -0.119. The van der Waals surface area contributed by atoms with Crippen molar-refractivity contribution in [3.05, 3.63) is 84.0 Å². The predicted octanol–water partition coefficient (Wildman–Crippen LogP) is 4.17. The van der Waals surface area contributed by atoms with Gasteiger partial charge in [-0.25, -0.2) is 5.43 Å². The molecule has 1 amide bonds. The maximum absolute atomic E-state index is 11.8. The number of hydrogen-bond acceptors (Lipinski definition) is 3. The van der Waals surface area contributed by atoms with Gasteiger partial charge in [-0.05, 0) is 37.6 Å². The van der Waals surface area contributed by atoms with Crippen LogP contribution < -0.4 is 10.7 Å². The number of nitrogens with zero attached hydrogens (tertiary/aromatic N) is 1. The summed E-state index contributed by atoms with van der Waals surface area (Å²) < 4.78 is 0. The Labute approximate surface area is 149 Å². The molecule has 4 nitrogen and oxygen atoms in total. The van der Waals surface area contributed by atoms with Gasteiger partial charge in [0.15, 0.2) is 0 Å². The topological polar surface area (TPSA) is 53.5 Å². The Kier molecular flexibility index (Phi) is 7.19. The zero-order chi connectivity index (χ0) is 17.9. The van der Waals surface area contributed by atoms with Gasteiger partial charge in [0.25, 0.3) is 5.91 Å². The van der Waals surface area contributed by atoms with Crippen LogP contribution in [0.5, 0.6) is 0 Å². The number of nitrogens with one attached hydrogen (secondary N) is 2. The molecule has 0 aliphatic rings. The van der Waals surface area contributed by atoms with Crippen molar-refractivity contribution >= 4 is 23.4 Å². The predicted molar refractivity (Wildman–Crippen MR) is 106 cm³/mol. The summed E-state index contributed by atoms with van der Waals surface area (Å²) in [6, 6.07) is 17.9. The SMILES string of the molecule is CC(/C=C/C=C/c1ccccc1)=NNC(=O)CNc1ccc(C)cc1. The van der Waals surface area contributed by atoms with Crippen molar-refractivity contribution in [2.75, 3.05) is 11.9 Å². The van der Waals surface area contributed by atoms with Crippen LogP contribution in [-0.4, -0.2) is 18.2 Å². The number of allylic oxidation sites excluding steroid dienone is 3. The van der Waals surface area contributed by atoms with E-state index in [1.54, 1.807) is 0 Å². The Hall–Kier alpha value is -3.14. The summed E-state index contributed by atoms with van der Waals surface area (Å²) in [4.78, 5) is 11.8. The summed E-state index contributed by atoms with van der Waals surface area (Å²) in [6.07, 6.45) is 7.68. The van der Waals surface area contributed by atoms with E-state index >= 15 is 0 Å². The lowest BCUT2D eigenvalue weighted by Crippen LogP contribution is -2.26. The molecule has 0 atom stereocenters. The van der Waals surface area contributed by atoms with Crippen LogP contribution in [0, 0.1) is 6.92 Å². The molecule has 0 heterocycles. The van der Waals surface area contributed by atoms with Gasteiger partial charge in [0.2, 0.25) is 0 Å². The second kappa shape index (κ2) is 9.88. The quantitative estimate of drug-likeness (QED) is 0.454. The summed E-state index contributed by atoms with van der Waals surface area (Å²) in [5, 5.41) is 7.11. The molecule has 0 aromatic heterocycles. The zero-order valence-electron chi connectivity index (χ0n) is 14.6. The second-order valence-corrected chi connectivity index (χ2v) is 5.64. The largest absolute Gasteiger partial charge is 0.376 e. The maximum Gasteiger partial charge on any atom is 0.259 e. The van der Waals surface area contributed by atoms with E-state index in [1.807, 2.05) is 92.7 Å². The van der Waals surface area contributed by atoms with Crippen LogP contribution in [0.25, 0.3) is 6.08 Å². The minimum Gasteiger partial charge on any atom is -0.376 e. The minimum absolute atomic E-state index is 0.178. The van der Waals surface area contributed by atoms with E-state index in [9.17, 15) is 4.79 Å². The third-order valence-corrected chi connectivity index (χ3v) is 3.40. The molecule has 0 saturated carbocycles. The van der Waals surface area contributed by atoms with Gasteiger partial charge in [-0.15, -0.1) is 0 Å². The van der Waals surface area contributed by atoms with Crippen molar-refractivity contribution in [2.45, 2.75) is 13.8 Å². The number of aryl methyl sites for hydroxylation is 1. The van der Waals surface area contributed by atoms with Crippen LogP contribution in [0.3, 0.4) is 0 Å². The van der Waals surface area contributed by atoms with E-state index < -0.39 is 0 Å². The van der Waals surface area contributed by atoms with Crippen molar-refractivity contribution in [1.29, 1.82) is 0 Å². The molecule has 25 heavy (non-hydrogen) atoms. The lowest BCUT2D eigenvalue weighted by atomic mass is 10.2. The summed E-state index contributed by atoms with van der Waals surface area (Å²) >= 11 is 0. The third kappa shape index (κ3) is 7.31. The number of hydrogen-bond donors (Lipinski definition) is 2. The van der Waals surface area contributed by atoms with Crippen molar-refractivity contribution < 1.29 is 4.79 Å². The molecule has 2 aromatic rings. The first-order valence-electron chi connectivity index (χ1n) is 8.17. The Morgan fingerprint density at radius 2 is 1.76 bits per heavy atom. The molecule has 4 heteroatoms. The number of amides is 1. The Balaban J connectivity index is 1.74. The van der Waals surface area contributed by atoms with Gasteiger partial charge in [-0.3, -0.25) is 4.79 Å². The van der Waals surface area contributed by atoms with Gasteiger partial charge in [0.05, 0.1) is 12.3 Å². The van der Waals surface area contributed by atoms with Gasteiger partial charge < -0.3 is 5.32 Å². The molecule has 0 spiro atoms. The number of rotatable bonds is 7. The van der Waals surface area contributed by atoms with Gasteiger partial charge in [0, 0.05) is 5.69 Å². The minimum atomic E-state index is -0.187. The van der Waals surface area contributed by atoms with E-state index in [1.165, 1.54) is 5.56 Å². The number of benzene rings is 2. The number of anilines is 1. The number of hydrazone groups is 1. The van der Waals surface area contributed by atoms with Gasteiger partial charge in [-0.1, -0.05) is 66.3 Å². The highest BCUT2D eigenvalue weighted by molar-refractivity contribution is 5.94. The van der Waals surface area contributed by atoms with Crippen LogP contribution in [0.15, 0.2) is 77.9 Å². The smallest absolute Gasteiger partial charge is 0.259 e. The van der Waals surface area contributed by atoms with E-state index in [0.717, 1.165) is 17.0 Å². The summed E-state index contributed by atoms with van der Waals surface area (Å²) in [7, 11) is 0. The Morgan fingerprint density at radius 3 is 2.48 bits per heavy atom. The molecule has 2 N–H and O–H groups in total. The molecule has 128 valence electrons. The van der Waals surface area contributed by atoms with Crippen molar-refractivity contribution in [1.82, 2.24) is 5.43 Å². The van der Waals surface area contributed by atoms with Gasteiger partial charge >= 0.3 is 0 Å². The van der Waals surface area contributed by atoms with E-state index in [2.05, 4.69) is 15.8 Å². The molecule has 0 aliphatic carbocycles. The summed E-state index contributed by atoms with van der Waals surface area (Å²) in [5.41, 5.74) is 6.49. The first-order chi connectivity index (χ1) is 12.1. The highest BCUT2D eigenvalue weighted by Crippen LogP contribution is 2.07. The fraction of sp³-hybridized carbons (Fsp3) is 0.143. The molecule has 0 saturated heterocycles. The van der Waals surface area contributed by atoms with E-state index in [0.29, 0.717) is 0 Å². The maximum atomic E-state index is 11.8. The molecular formula is C21H23N3O. The van der Waals surface area contributed by atoms with Crippen LogP contribution in [0.1, 0.15) is 18.1 Å². The summed E-state index contributed by atoms with van der Waals surface area (Å²) in [6.45, 7) is 4.04. The van der Waals surface area contributed by atoms with Crippen LogP contribution in [0.4, 0.5) is 5.69 Å². The molecule has 0 radical (unpaired) electrons. The van der Waals surface area contributed by atoms with Gasteiger partial charge in [-0.2, -0.15) is 5.10 Å². The zero-order valence-corrected chi connectivity index (χ0v) is 14.6. The number of carbonyl (C=O) groups excluding carboxylic acids is 1. The Bertz CT molecular complexity index is 759. The normalized spacial score (nSPS) is 11.8. The highest BCUT2D eigenvalue weighted by atomic mass is 16.2. The molecule has 0 fully saturated rings. The van der Waals surface area contributed by atoms with Crippen LogP contribution in [0.2, 0.25) is 0 Å². The summed E-state index contributed by atoms with van der Waals surface area (Å²) in [5.74, 6) is -0.187. The Morgan fingerprint density at radius 1 is 1.04 bits per heavy atom.